The van der Waals surface area contributed by atoms with Crippen molar-refractivity contribution in [2.45, 2.75) is 19.1 Å². The lowest BCUT2D eigenvalue weighted by Gasteiger charge is -2.12. The number of cyclic esters (lactones) is 1. The third-order valence-electron chi connectivity index (χ3n) is 2.25. The van der Waals surface area contributed by atoms with Crippen LogP contribution in [-0.4, -0.2) is 12.1 Å². The first-order valence-corrected chi connectivity index (χ1v) is 4.49. The molecular formula is C10H9F2NO2. The summed E-state index contributed by atoms with van der Waals surface area (Å²) in [6, 6.07) is 2.80. The highest BCUT2D eigenvalue weighted by molar-refractivity contribution is 5.70. The number of hydrogen-bond donors (Lipinski definition) is 1. The van der Waals surface area contributed by atoms with E-state index >= 15 is 0 Å². The van der Waals surface area contributed by atoms with Gasteiger partial charge in [0.05, 0.1) is 6.04 Å². The van der Waals surface area contributed by atoms with Gasteiger partial charge in [-0.15, -0.1) is 0 Å². The van der Waals surface area contributed by atoms with Crippen LogP contribution in [0.4, 0.5) is 13.6 Å². The van der Waals surface area contributed by atoms with Gasteiger partial charge in [-0.05, 0) is 19.1 Å². The Balaban J connectivity index is 2.33. The van der Waals surface area contributed by atoms with E-state index in [9.17, 15) is 13.6 Å². The maximum atomic E-state index is 12.9. The molecule has 5 heteroatoms. The zero-order valence-corrected chi connectivity index (χ0v) is 7.96. The second-order valence-electron chi connectivity index (χ2n) is 3.46. The molecule has 2 rings (SSSR count). The Morgan fingerprint density at radius 1 is 1.27 bits per heavy atom. The molecule has 1 aromatic carbocycles. The molecule has 1 heterocycles. The largest absolute Gasteiger partial charge is 0.439 e. The highest BCUT2D eigenvalue weighted by atomic mass is 19.1. The van der Waals surface area contributed by atoms with Crippen LogP contribution in [0.5, 0.6) is 0 Å². The molecule has 0 aliphatic carbocycles. The quantitative estimate of drug-likeness (QED) is 0.776. The van der Waals surface area contributed by atoms with Gasteiger partial charge >= 0.3 is 6.09 Å². The summed E-state index contributed by atoms with van der Waals surface area (Å²) in [7, 11) is 0. The molecule has 0 spiro atoms. The molecule has 0 saturated carbocycles. The number of halogens is 2. The summed E-state index contributed by atoms with van der Waals surface area (Å²) < 4.78 is 30.7. The number of ether oxygens (including phenoxy) is 1. The van der Waals surface area contributed by atoms with Crippen molar-refractivity contribution in [1.82, 2.24) is 5.32 Å². The Kier molecular flexibility index (Phi) is 2.30. The van der Waals surface area contributed by atoms with Crippen LogP contribution >= 0.6 is 0 Å². The van der Waals surface area contributed by atoms with E-state index in [0.29, 0.717) is 5.56 Å². The van der Waals surface area contributed by atoms with Crippen LogP contribution in [0.15, 0.2) is 18.2 Å². The lowest BCUT2D eigenvalue weighted by atomic mass is 10.0. The van der Waals surface area contributed by atoms with E-state index in [1.54, 1.807) is 6.92 Å². The monoisotopic (exact) mass is 213 g/mol. The number of nitrogens with one attached hydrogen (secondary N) is 1. The molecule has 0 aromatic heterocycles. The third kappa shape index (κ3) is 1.91. The van der Waals surface area contributed by atoms with Gasteiger partial charge in [-0.3, -0.25) is 0 Å². The van der Waals surface area contributed by atoms with Crippen molar-refractivity contribution in [1.29, 1.82) is 0 Å². The van der Waals surface area contributed by atoms with Gasteiger partial charge in [-0.25, -0.2) is 13.6 Å². The minimum Gasteiger partial charge on any atom is -0.439 e. The average Bonchev–Trinajstić information content (AvgIpc) is 2.43. The van der Waals surface area contributed by atoms with Crippen LogP contribution in [0.1, 0.15) is 18.6 Å². The summed E-state index contributed by atoms with van der Waals surface area (Å²) in [5.74, 6) is -1.36. The summed E-state index contributed by atoms with van der Waals surface area (Å²) in [6.07, 6.45) is -1.21. The normalized spacial score (nSPS) is 24.9. The fourth-order valence-electron chi connectivity index (χ4n) is 1.61. The smallest absolute Gasteiger partial charge is 0.408 e. The molecular weight excluding hydrogens is 204 g/mol. The van der Waals surface area contributed by atoms with Gasteiger partial charge < -0.3 is 10.1 Å². The van der Waals surface area contributed by atoms with Crippen molar-refractivity contribution in [2.75, 3.05) is 0 Å². The standard InChI is InChI=1S/C10H9F2NO2/c1-5-9(15-10(14)13-5)6-2-7(11)4-8(12)3-6/h2-5,9H,1H3,(H,13,14)/t5-,9-/m0/s1. The lowest BCUT2D eigenvalue weighted by Crippen LogP contribution is -2.23. The Labute approximate surface area is 85.0 Å². The number of amides is 1. The minimum absolute atomic E-state index is 0.293. The fourth-order valence-corrected chi connectivity index (χ4v) is 1.61. The predicted molar refractivity (Wildman–Crippen MR) is 48.2 cm³/mol. The first kappa shape index (κ1) is 9.89. The van der Waals surface area contributed by atoms with Crippen LogP contribution in [0.3, 0.4) is 0 Å². The number of alkyl carbamates (subject to hydrolysis) is 1. The van der Waals surface area contributed by atoms with Crippen LogP contribution in [0.2, 0.25) is 0 Å². The molecule has 1 aromatic rings. The first-order chi connectivity index (χ1) is 7.06. The van der Waals surface area contributed by atoms with Crippen LogP contribution < -0.4 is 5.32 Å². The van der Waals surface area contributed by atoms with Gasteiger partial charge in [-0.2, -0.15) is 0 Å². The average molecular weight is 213 g/mol. The van der Waals surface area contributed by atoms with Gasteiger partial charge in [0.2, 0.25) is 0 Å². The number of rotatable bonds is 1. The van der Waals surface area contributed by atoms with E-state index in [4.69, 9.17) is 4.74 Å². The molecule has 15 heavy (non-hydrogen) atoms. The second-order valence-corrected chi connectivity index (χ2v) is 3.46. The number of benzene rings is 1. The molecule has 1 N–H and O–H groups in total. The first-order valence-electron chi connectivity index (χ1n) is 4.49. The molecule has 0 bridgehead atoms. The van der Waals surface area contributed by atoms with Crippen molar-refractivity contribution < 1.29 is 18.3 Å². The molecule has 1 aliphatic heterocycles. The Hall–Kier alpha value is -1.65. The number of hydrogen-bond acceptors (Lipinski definition) is 2. The van der Waals surface area contributed by atoms with Crippen molar-refractivity contribution >= 4 is 6.09 Å². The molecule has 0 unspecified atom stereocenters. The predicted octanol–water partition coefficient (Wildman–Crippen LogP) is 2.13. The maximum absolute atomic E-state index is 12.9. The zero-order chi connectivity index (χ0) is 11.0. The summed E-state index contributed by atoms with van der Waals surface area (Å²) in [4.78, 5) is 10.9. The highest BCUT2D eigenvalue weighted by Crippen LogP contribution is 2.27. The number of carbonyl (C=O) groups is 1. The summed E-state index contributed by atoms with van der Waals surface area (Å²) in [5, 5.41) is 2.50. The SMILES string of the molecule is C[C@@H]1NC(=O)O[C@@H]1c1cc(F)cc(F)c1. The fraction of sp³-hybridized carbons (Fsp3) is 0.300. The molecule has 80 valence electrons. The molecule has 1 aliphatic rings. The van der Waals surface area contributed by atoms with E-state index in [1.165, 1.54) is 0 Å². The Morgan fingerprint density at radius 2 is 1.87 bits per heavy atom. The van der Waals surface area contributed by atoms with E-state index in [-0.39, 0.29) is 6.04 Å². The lowest BCUT2D eigenvalue weighted by molar-refractivity contribution is 0.133. The third-order valence-corrected chi connectivity index (χ3v) is 2.25. The van der Waals surface area contributed by atoms with Crippen molar-refractivity contribution in [3.05, 3.63) is 35.4 Å². The van der Waals surface area contributed by atoms with Crippen molar-refractivity contribution in [2.24, 2.45) is 0 Å². The summed E-state index contributed by atoms with van der Waals surface area (Å²) >= 11 is 0. The van der Waals surface area contributed by atoms with Crippen LogP contribution in [0, 0.1) is 11.6 Å². The summed E-state index contributed by atoms with van der Waals surface area (Å²) in [5.41, 5.74) is 0.318. The number of carbonyl (C=O) groups excluding carboxylic acids is 1. The second kappa shape index (κ2) is 3.49. The van der Waals surface area contributed by atoms with Crippen LogP contribution in [-0.2, 0) is 4.74 Å². The van der Waals surface area contributed by atoms with Gasteiger partial charge in [0, 0.05) is 11.6 Å². The zero-order valence-electron chi connectivity index (χ0n) is 7.96. The van der Waals surface area contributed by atoms with Gasteiger partial charge in [-0.1, -0.05) is 0 Å². The van der Waals surface area contributed by atoms with Gasteiger partial charge in [0.25, 0.3) is 0 Å². The van der Waals surface area contributed by atoms with Crippen LogP contribution in [0.25, 0.3) is 0 Å². The van der Waals surface area contributed by atoms with Crippen molar-refractivity contribution in [3.63, 3.8) is 0 Å². The molecule has 1 amide bonds. The Morgan fingerprint density at radius 3 is 2.33 bits per heavy atom. The Bertz CT molecular complexity index is 388. The van der Waals surface area contributed by atoms with Gasteiger partial charge in [0.1, 0.15) is 17.7 Å². The maximum Gasteiger partial charge on any atom is 0.408 e. The van der Waals surface area contributed by atoms with Crippen molar-refractivity contribution in [3.8, 4) is 0 Å². The van der Waals surface area contributed by atoms with E-state index in [2.05, 4.69) is 5.32 Å². The topological polar surface area (TPSA) is 38.3 Å². The molecule has 1 saturated heterocycles. The van der Waals surface area contributed by atoms with Gasteiger partial charge in [0.15, 0.2) is 0 Å². The van der Waals surface area contributed by atoms with E-state index in [1.807, 2.05) is 0 Å². The molecule has 0 radical (unpaired) electrons. The van der Waals surface area contributed by atoms with E-state index < -0.39 is 23.8 Å². The summed E-state index contributed by atoms with van der Waals surface area (Å²) in [6.45, 7) is 1.71. The van der Waals surface area contributed by atoms with E-state index in [0.717, 1.165) is 18.2 Å². The molecule has 2 atom stereocenters. The minimum atomic E-state index is -0.680. The highest BCUT2D eigenvalue weighted by Gasteiger charge is 2.32. The molecule has 1 fully saturated rings. The molecule has 3 nitrogen and oxygen atoms in total.